The second-order valence-corrected chi connectivity index (χ2v) is 10.9. The Hall–Kier alpha value is -3.67. The lowest BCUT2D eigenvalue weighted by Crippen LogP contribution is -2.38. The third-order valence-electron chi connectivity index (χ3n) is 7.77. The van der Waals surface area contributed by atoms with Crippen LogP contribution >= 0.6 is 0 Å². The van der Waals surface area contributed by atoms with Crippen molar-refractivity contribution in [3.8, 4) is 0 Å². The van der Waals surface area contributed by atoms with Crippen molar-refractivity contribution in [2.75, 3.05) is 17.7 Å². The standard InChI is InChI=1S/C18H24O.C13H13N3O2/c1-13-7-15-9-16(8-13)11-18(2,10-15)17-5-3-14(12-19)4-6-17;1-14-9-5-7-10(8-6-9)15-12-4-2-3-11(16-12)13(17)18/h3-6,12-13,15-16H,7-11H2,1-2H3;2-8,14H,1H3,(H,15,16)(H,17,18). The summed E-state index contributed by atoms with van der Waals surface area (Å²) in [6.45, 7) is 4.85. The van der Waals surface area contributed by atoms with Gasteiger partial charge in [0.05, 0.1) is 0 Å². The summed E-state index contributed by atoms with van der Waals surface area (Å²) in [5.41, 5.74) is 4.43. The number of hydrogen-bond acceptors (Lipinski definition) is 5. The quantitative estimate of drug-likeness (QED) is 0.312. The van der Waals surface area contributed by atoms with Gasteiger partial charge in [0, 0.05) is 24.0 Å². The first-order valence-corrected chi connectivity index (χ1v) is 13.1. The van der Waals surface area contributed by atoms with Crippen molar-refractivity contribution in [2.45, 2.75) is 51.4 Å². The Morgan fingerprint density at radius 2 is 1.57 bits per heavy atom. The molecule has 0 amide bonds. The van der Waals surface area contributed by atoms with Crippen molar-refractivity contribution in [2.24, 2.45) is 17.8 Å². The minimum atomic E-state index is -1.04. The minimum Gasteiger partial charge on any atom is -0.477 e. The number of nitrogens with one attached hydrogen (secondary N) is 2. The SMILES string of the molecule is CC1CC2CC(C1)CC(C)(c1ccc(C=O)cc1)C2.CNc1ccc(Nc2cccc(C(=O)O)n2)cc1. The van der Waals surface area contributed by atoms with E-state index in [1.165, 1.54) is 43.7 Å². The normalized spacial score (nSPS) is 24.2. The molecule has 2 aliphatic rings. The van der Waals surface area contributed by atoms with Crippen LogP contribution < -0.4 is 10.6 Å². The Morgan fingerprint density at radius 1 is 0.946 bits per heavy atom. The van der Waals surface area contributed by atoms with Gasteiger partial charge in [0.2, 0.25) is 0 Å². The van der Waals surface area contributed by atoms with E-state index in [-0.39, 0.29) is 5.69 Å². The number of pyridine rings is 1. The van der Waals surface area contributed by atoms with Gasteiger partial charge < -0.3 is 15.7 Å². The molecular weight excluding hydrogens is 462 g/mol. The first-order chi connectivity index (χ1) is 17.8. The summed E-state index contributed by atoms with van der Waals surface area (Å²) in [6, 6.07) is 20.7. The van der Waals surface area contributed by atoms with Crippen LogP contribution in [0.1, 0.15) is 72.4 Å². The molecule has 2 bridgehead atoms. The van der Waals surface area contributed by atoms with Gasteiger partial charge in [0.15, 0.2) is 5.69 Å². The highest BCUT2D eigenvalue weighted by Gasteiger charge is 2.41. The van der Waals surface area contributed by atoms with Crippen LogP contribution in [0.5, 0.6) is 0 Å². The molecule has 37 heavy (non-hydrogen) atoms. The second kappa shape index (κ2) is 11.6. The first-order valence-electron chi connectivity index (χ1n) is 13.1. The predicted molar refractivity (Wildman–Crippen MR) is 149 cm³/mol. The van der Waals surface area contributed by atoms with Gasteiger partial charge in [-0.15, -0.1) is 0 Å². The zero-order valence-corrected chi connectivity index (χ0v) is 21.9. The van der Waals surface area contributed by atoms with E-state index in [1.807, 2.05) is 43.4 Å². The van der Waals surface area contributed by atoms with Crippen molar-refractivity contribution >= 4 is 29.4 Å². The molecule has 1 aromatic heterocycles. The lowest BCUT2D eigenvalue weighted by molar-refractivity contribution is 0.0690. The zero-order chi connectivity index (χ0) is 26.4. The van der Waals surface area contributed by atoms with Gasteiger partial charge in [-0.25, -0.2) is 9.78 Å². The second-order valence-electron chi connectivity index (χ2n) is 10.9. The Morgan fingerprint density at radius 3 is 2.14 bits per heavy atom. The van der Waals surface area contributed by atoms with Gasteiger partial charge in [-0.1, -0.05) is 44.2 Å². The molecule has 2 unspecified atom stereocenters. The van der Waals surface area contributed by atoms with Gasteiger partial charge in [0.25, 0.3) is 0 Å². The summed E-state index contributed by atoms with van der Waals surface area (Å²) < 4.78 is 0. The molecule has 0 spiro atoms. The number of benzene rings is 2. The molecule has 3 aromatic rings. The summed E-state index contributed by atoms with van der Waals surface area (Å²) in [5.74, 6) is 2.22. The highest BCUT2D eigenvalue weighted by molar-refractivity contribution is 5.85. The molecule has 1 heterocycles. The van der Waals surface area contributed by atoms with Crippen LogP contribution in [0.15, 0.2) is 66.7 Å². The summed E-state index contributed by atoms with van der Waals surface area (Å²) in [5, 5.41) is 14.9. The van der Waals surface area contributed by atoms with Crippen molar-refractivity contribution in [3.63, 3.8) is 0 Å². The van der Waals surface area contributed by atoms with Gasteiger partial charge >= 0.3 is 5.97 Å². The minimum absolute atomic E-state index is 0.0202. The summed E-state index contributed by atoms with van der Waals surface area (Å²) in [7, 11) is 1.85. The highest BCUT2D eigenvalue weighted by Crippen LogP contribution is 2.51. The van der Waals surface area contributed by atoms with E-state index in [2.05, 4.69) is 41.6 Å². The summed E-state index contributed by atoms with van der Waals surface area (Å²) >= 11 is 0. The predicted octanol–water partition coefficient (Wildman–Crippen LogP) is 7.17. The van der Waals surface area contributed by atoms with Gasteiger partial charge in [-0.2, -0.15) is 0 Å². The van der Waals surface area contributed by atoms with Crippen molar-refractivity contribution < 1.29 is 14.7 Å². The molecule has 3 N–H and O–H groups in total. The molecule has 0 saturated heterocycles. The maximum Gasteiger partial charge on any atom is 0.354 e. The van der Waals surface area contributed by atoms with E-state index in [0.717, 1.165) is 41.0 Å². The number of hydrogen-bond donors (Lipinski definition) is 3. The number of aromatic carboxylic acids is 1. The molecule has 0 radical (unpaired) electrons. The molecule has 2 fully saturated rings. The molecule has 2 saturated carbocycles. The molecule has 2 atom stereocenters. The van der Waals surface area contributed by atoms with Crippen LogP contribution in [-0.2, 0) is 5.41 Å². The van der Waals surface area contributed by atoms with E-state index < -0.39 is 5.97 Å². The fraction of sp³-hybridized carbons (Fsp3) is 0.387. The maximum absolute atomic E-state index is 10.8. The van der Waals surface area contributed by atoms with Crippen LogP contribution in [0.4, 0.5) is 17.2 Å². The number of anilines is 3. The van der Waals surface area contributed by atoms with Crippen molar-refractivity contribution in [1.29, 1.82) is 0 Å². The number of rotatable bonds is 6. The summed E-state index contributed by atoms with van der Waals surface area (Å²) in [4.78, 5) is 25.5. The Kier molecular flexibility index (Phi) is 8.27. The monoisotopic (exact) mass is 499 g/mol. The topological polar surface area (TPSA) is 91.3 Å². The van der Waals surface area contributed by atoms with Crippen LogP contribution in [0, 0.1) is 17.8 Å². The van der Waals surface area contributed by atoms with Gasteiger partial charge in [-0.05, 0) is 97.2 Å². The lowest BCUT2D eigenvalue weighted by Gasteiger charge is -2.47. The lowest BCUT2D eigenvalue weighted by atomic mass is 9.57. The van der Waals surface area contributed by atoms with Crippen LogP contribution in [0.3, 0.4) is 0 Å². The molecular formula is C31H37N3O3. The smallest absolute Gasteiger partial charge is 0.354 e. The fourth-order valence-electron chi connectivity index (χ4n) is 6.28. The van der Waals surface area contributed by atoms with Crippen molar-refractivity contribution in [3.05, 3.63) is 83.6 Å². The van der Waals surface area contributed by atoms with E-state index in [1.54, 1.807) is 12.1 Å². The third-order valence-corrected chi connectivity index (χ3v) is 7.77. The summed E-state index contributed by atoms with van der Waals surface area (Å²) in [6.07, 6.45) is 7.87. The molecule has 0 aliphatic heterocycles. The highest BCUT2D eigenvalue weighted by atomic mass is 16.4. The third kappa shape index (κ3) is 6.76. The zero-order valence-electron chi connectivity index (χ0n) is 21.9. The average molecular weight is 500 g/mol. The number of fused-ring (bicyclic) bond motifs is 2. The first kappa shape index (κ1) is 26.4. The number of aldehydes is 1. The van der Waals surface area contributed by atoms with Gasteiger partial charge in [-0.3, -0.25) is 4.79 Å². The molecule has 194 valence electrons. The number of carboxylic acids is 1. The van der Waals surface area contributed by atoms with E-state index >= 15 is 0 Å². The van der Waals surface area contributed by atoms with Crippen LogP contribution in [0.2, 0.25) is 0 Å². The average Bonchev–Trinajstić information content (AvgIpc) is 2.89. The maximum atomic E-state index is 10.8. The molecule has 2 aliphatic carbocycles. The Labute approximate surface area is 219 Å². The molecule has 6 nitrogen and oxygen atoms in total. The van der Waals surface area contributed by atoms with Crippen molar-refractivity contribution in [1.82, 2.24) is 4.98 Å². The number of aromatic nitrogens is 1. The largest absolute Gasteiger partial charge is 0.477 e. The number of carbonyl (C=O) groups is 2. The van der Waals surface area contributed by atoms with Gasteiger partial charge in [0.1, 0.15) is 12.1 Å². The van der Waals surface area contributed by atoms with Crippen LogP contribution in [0.25, 0.3) is 0 Å². The Bertz CT molecular complexity index is 1190. The molecule has 5 rings (SSSR count). The van der Waals surface area contributed by atoms with E-state index in [0.29, 0.717) is 11.2 Å². The number of carbonyl (C=O) groups excluding carboxylic acids is 1. The van der Waals surface area contributed by atoms with E-state index in [4.69, 9.17) is 5.11 Å². The number of nitrogens with zero attached hydrogens (tertiary/aromatic N) is 1. The van der Waals surface area contributed by atoms with E-state index in [9.17, 15) is 9.59 Å². The molecule has 2 aromatic carbocycles. The molecule has 6 heteroatoms. The van der Waals surface area contributed by atoms with Crippen LogP contribution in [-0.4, -0.2) is 29.4 Å². The fourth-order valence-corrected chi connectivity index (χ4v) is 6.28. The number of carboxylic acid groups (broad SMARTS) is 1. The Balaban J connectivity index is 0.000000173.